The van der Waals surface area contributed by atoms with Gasteiger partial charge < -0.3 is 5.11 Å². The van der Waals surface area contributed by atoms with E-state index in [2.05, 4.69) is 0 Å². The topological polar surface area (TPSA) is 37.3 Å². The van der Waals surface area contributed by atoms with Gasteiger partial charge in [0.25, 0.3) is 5.92 Å². The molecule has 0 saturated heterocycles. The first-order valence-electron chi connectivity index (χ1n) is 3.98. The number of rotatable bonds is 3. The van der Waals surface area contributed by atoms with Crippen LogP contribution in [-0.4, -0.2) is 11.1 Å². The van der Waals surface area contributed by atoms with Crippen molar-refractivity contribution in [2.45, 2.75) is 12.3 Å². The molecule has 0 aliphatic heterocycles. The highest BCUT2D eigenvalue weighted by Crippen LogP contribution is 2.33. The number of carboxylic acid groups (broad SMARTS) is 1. The van der Waals surface area contributed by atoms with E-state index in [-0.39, 0.29) is 12.1 Å². The van der Waals surface area contributed by atoms with Crippen molar-refractivity contribution in [1.82, 2.24) is 0 Å². The second-order valence-electron chi connectivity index (χ2n) is 3.03. The van der Waals surface area contributed by atoms with Crippen LogP contribution in [0.5, 0.6) is 0 Å². The number of carboxylic acids is 1. The van der Waals surface area contributed by atoms with Crippen molar-refractivity contribution in [2.24, 2.45) is 0 Å². The summed E-state index contributed by atoms with van der Waals surface area (Å²) in [5.74, 6) is -11.3. The van der Waals surface area contributed by atoms with Gasteiger partial charge in [0.05, 0.1) is 0 Å². The average molecular weight is 240 g/mol. The molecule has 88 valence electrons. The third-order valence-corrected chi connectivity index (χ3v) is 1.78. The number of aliphatic carboxylic acids is 1. The first kappa shape index (κ1) is 12.4. The van der Waals surface area contributed by atoms with E-state index in [9.17, 15) is 26.7 Å². The molecule has 0 bridgehead atoms. The van der Waals surface area contributed by atoms with Gasteiger partial charge in [0.2, 0.25) is 0 Å². The van der Waals surface area contributed by atoms with E-state index >= 15 is 0 Å². The molecular weight excluding hydrogens is 235 g/mol. The summed E-state index contributed by atoms with van der Waals surface area (Å²) >= 11 is 0. The van der Waals surface area contributed by atoms with Crippen LogP contribution in [0.4, 0.5) is 22.0 Å². The molecular formula is C9H5F5O2. The van der Waals surface area contributed by atoms with Gasteiger partial charge in [0.1, 0.15) is 6.42 Å². The first-order chi connectivity index (χ1) is 7.24. The Hall–Kier alpha value is -1.66. The van der Waals surface area contributed by atoms with Gasteiger partial charge in [0.15, 0.2) is 17.5 Å². The van der Waals surface area contributed by atoms with Gasteiger partial charge in [0, 0.05) is 5.56 Å². The van der Waals surface area contributed by atoms with Crippen LogP contribution in [0, 0.1) is 17.5 Å². The van der Waals surface area contributed by atoms with E-state index in [1.54, 1.807) is 0 Å². The van der Waals surface area contributed by atoms with Gasteiger partial charge >= 0.3 is 5.97 Å². The first-order valence-corrected chi connectivity index (χ1v) is 3.98. The Morgan fingerprint density at radius 1 is 1.19 bits per heavy atom. The van der Waals surface area contributed by atoms with Crippen molar-refractivity contribution in [3.05, 3.63) is 35.1 Å². The molecule has 0 saturated carbocycles. The van der Waals surface area contributed by atoms with Crippen molar-refractivity contribution in [3.8, 4) is 0 Å². The second-order valence-corrected chi connectivity index (χ2v) is 3.03. The van der Waals surface area contributed by atoms with Gasteiger partial charge in [-0.05, 0) is 12.1 Å². The summed E-state index contributed by atoms with van der Waals surface area (Å²) in [6, 6.07) is 0.142. The van der Waals surface area contributed by atoms with Gasteiger partial charge in [-0.1, -0.05) is 0 Å². The summed E-state index contributed by atoms with van der Waals surface area (Å²) in [7, 11) is 0. The number of halogens is 5. The quantitative estimate of drug-likeness (QED) is 0.651. The van der Waals surface area contributed by atoms with Crippen LogP contribution >= 0.6 is 0 Å². The third kappa shape index (κ3) is 2.47. The van der Waals surface area contributed by atoms with Gasteiger partial charge in [-0.3, -0.25) is 4.79 Å². The van der Waals surface area contributed by atoms with E-state index in [0.717, 1.165) is 0 Å². The van der Waals surface area contributed by atoms with Crippen LogP contribution in [0.1, 0.15) is 12.0 Å². The highest BCUT2D eigenvalue weighted by Gasteiger charge is 2.36. The molecule has 0 amide bonds. The minimum absolute atomic E-state index is 0.0708. The van der Waals surface area contributed by atoms with Crippen LogP contribution in [-0.2, 0) is 10.7 Å². The monoisotopic (exact) mass is 240 g/mol. The lowest BCUT2D eigenvalue weighted by Gasteiger charge is -2.14. The molecule has 0 aromatic heterocycles. The second kappa shape index (κ2) is 4.07. The van der Waals surface area contributed by atoms with E-state index in [1.807, 2.05) is 0 Å². The molecule has 1 N–H and O–H groups in total. The molecule has 0 unspecified atom stereocenters. The molecule has 1 rings (SSSR count). The molecule has 2 nitrogen and oxygen atoms in total. The van der Waals surface area contributed by atoms with E-state index < -0.39 is 41.3 Å². The van der Waals surface area contributed by atoms with E-state index in [4.69, 9.17) is 5.11 Å². The maximum absolute atomic E-state index is 13.1. The molecule has 0 atom stereocenters. The molecule has 0 radical (unpaired) electrons. The summed E-state index contributed by atoms with van der Waals surface area (Å²) in [6.45, 7) is 0. The lowest BCUT2D eigenvalue weighted by atomic mass is 10.1. The zero-order valence-corrected chi connectivity index (χ0v) is 7.61. The fourth-order valence-electron chi connectivity index (χ4n) is 1.06. The Bertz CT molecular complexity index is 407. The maximum Gasteiger partial charge on any atom is 0.309 e. The fraction of sp³-hybridized carbons (Fsp3) is 0.222. The normalized spacial score (nSPS) is 11.6. The van der Waals surface area contributed by atoms with Gasteiger partial charge in [-0.25, -0.2) is 22.0 Å². The Labute approximate surface area is 86.3 Å². The summed E-state index contributed by atoms with van der Waals surface area (Å²) in [4.78, 5) is 10.1. The van der Waals surface area contributed by atoms with Crippen molar-refractivity contribution in [2.75, 3.05) is 0 Å². The zero-order chi connectivity index (χ0) is 12.5. The molecule has 0 heterocycles. The standard InChI is InChI=1S/C9H5F5O2/c10-5-1-4(2-6(11)8(5)12)9(13,14)3-7(15)16/h1-2H,3H2,(H,15,16). The molecule has 0 fully saturated rings. The third-order valence-electron chi connectivity index (χ3n) is 1.78. The summed E-state index contributed by atoms with van der Waals surface area (Å²) in [6.07, 6.45) is -1.63. The summed E-state index contributed by atoms with van der Waals surface area (Å²) < 4.78 is 63.8. The Kier molecular flexibility index (Phi) is 3.16. The number of alkyl halides is 2. The van der Waals surface area contributed by atoms with Crippen molar-refractivity contribution >= 4 is 5.97 Å². The lowest BCUT2D eigenvalue weighted by molar-refractivity contribution is -0.145. The van der Waals surface area contributed by atoms with Crippen molar-refractivity contribution in [1.29, 1.82) is 0 Å². The van der Waals surface area contributed by atoms with E-state index in [0.29, 0.717) is 0 Å². The summed E-state index contributed by atoms with van der Waals surface area (Å²) in [5, 5.41) is 8.16. The van der Waals surface area contributed by atoms with Gasteiger partial charge in [-0.2, -0.15) is 0 Å². The van der Waals surface area contributed by atoms with Crippen molar-refractivity contribution in [3.63, 3.8) is 0 Å². The molecule has 1 aromatic rings. The average Bonchev–Trinajstić information content (AvgIpc) is 2.11. The minimum atomic E-state index is -3.96. The molecule has 7 heteroatoms. The zero-order valence-electron chi connectivity index (χ0n) is 7.61. The predicted molar refractivity (Wildman–Crippen MR) is 42.5 cm³/mol. The van der Waals surface area contributed by atoms with E-state index in [1.165, 1.54) is 0 Å². The Balaban J connectivity index is 3.18. The highest BCUT2D eigenvalue weighted by molar-refractivity contribution is 5.68. The lowest BCUT2D eigenvalue weighted by Crippen LogP contribution is -2.19. The van der Waals surface area contributed by atoms with Crippen LogP contribution in [0.2, 0.25) is 0 Å². The molecule has 0 aliphatic carbocycles. The molecule has 0 aliphatic rings. The maximum atomic E-state index is 13.1. The van der Waals surface area contributed by atoms with Crippen molar-refractivity contribution < 1.29 is 31.9 Å². The number of hydrogen-bond acceptors (Lipinski definition) is 1. The van der Waals surface area contributed by atoms with Crippen LogP contribution in [0.25, 0.3) is 0 Å². The highest BCUT2D eigenvalue weighted by atomic mass is 19.3. The number of carbonyl (C=O) groups is 1. The minimum Gasteiger partial charge on any atom is -0.481 e. The Morgan fingerprint density at radius 2 is 1.62 bits per heavy atom. The van der Waals surface area contributed by atoms with Crippen LogP contribution in [0.15, 0.2) is 12.1 Å². The van der Waals surface area contributed by atoms with Gasteiger partial charge in [-0.15, -0.1) is 0 Å². The molecule has 0 spiro atoms. The molecule has 16 heavy (non-hydrogen) atoms. The smallest absolute Gasteiger partial charge is 0.309 e. The van der Waals surface area contributed by atoms with Crippen LogP contribution < -0.4 is 0 Å². The number of benzene rings is 1. The summed E-state index contributed by atoms with van der Waals surface area (Å²) in [5.41, 5.74) is -1.22. The fourth-order valence-corrected chi connectivity index (χ4v) is 1.06. The molecule has 1 aromatic carbocycles. The Morgan fingerprint density at radius 3 is 2.00 bits per heavy atom. The SMILES string of the molecule is O=C(O)CC(F)(F)c1cc(F)c(F)c(F)c1. The largest absolute Gasteiger partial charge is 0.481 e. The van der Waals surface area contributed by atoms with Crippen LogP contribution in [0.3, 0.4) is 0 Å². The predicted octanol–water partition coefficient (Wildman–Crippen LogP) is 2.67. The number of hydrogen-bond donors (Lipinski definition) is 1.